The van der Waals surface area contributed by atoms with Crippen molar-refractivity contribution in [3.63, 3.8) is 0 Å². The van der Waals surface area contributed by atoms with Crippen LogP contribution in [-0.2, 0) is 24.3 Å². The summed E-state index contributed by atoms with van der Waals surface area (Å²) in [5.74, 6) is 1.27. The first kappa shape index (κ1) is 27.2. The molecule has 8 heteroatoms. The molecule has 0 spiro atoms. The second-order valence-corrected chi connectivity index (χ2v) is 12.2. The summed E-state index contributed by atoms with van der Waals surface area (Å²) in [6.07, 6.45) is 7.25. The van der Waals surface area contributed by atoms with Gasteiger partial charge in [-0.15, -0.1) is 0 Å². The average Bonchev–Trinajstić information content (AvgIpc) is 3.38. The second kappa shape index (κ2) is 10.9. The summed E-state index contributed by atoms with van der Waals surface area (Å²) in [5, 5.41) is 0.971. The van der Waals surface area contributed by atoms with Gasteiger partial charge in [-0.3, -0.25) is 4.79 Å². The SMILES string of the molecule is C=C1OCc2c(cc3n(c2=O)Cc2c-3nc3ccc(OC(=O)N4CCC(N5CCCCC5)CC4)cc3c2CC)[C@H]1CC. The molecule has 1 atom stereocenters. The van der Waals surface area contributed by atoms with Crippen LogP contribution in [0, 0.1) is 0 Å². The maximum Gasteiger partial charge on any atom is 0.415 e. The molecule has 7 rings (SSSR count). The number of fused-ring (bicyclic) bond motifs is 5. The topological polar surface area (TPSA) is 76.9 Å². The molecule has 220 valence electrons. The van der Waals surface area contributed by atoms with Crippen molar-refractivity contribution in [3.05, 3.63) is 69.2 Å². The molecule has 0 bridgehead atoms. The smallest absolute Gasteiger partial charge is 0.415 e. The molecule has 4 aliphatic heterocycles. The molecule has 0 unspecified atom stereocenters. The van der Waals surface area contributed by atoms with Crippen LogP contribution in [0.2, 0.25) is 0 Å². The van der Waals surface area contributed by atoms with Crippen molar-refractivity contribution in [1.29, 1.82) is 0 Å². The molecule has 1 amide bonds. The number of carbonyl (C=O) groups excluding carboxylic acids is 1. The number of likely N-dealkylation sites (tertiary alicyclic amines) is 2. The molecule has 6 heterocycles. The molecule has 2 saturated heterocycles. The van der Waals surface area contributed by atoms with Gasteiger partial charge in [-0.25, -0.2) is 9.78 Å². The van der Waals surface area contributed by atoms with Crippen LogP contribution in [0.15, 0.2) is 41.4 Å². The van der Waals surface area contributed by atoms with Crippen LogP contribution < -0.4 is 10.3 Å². The fourth-order valence-corrected chi connectivity index (χ4v) is 7.62. The first-order valence-corrected chi connectivity index (χ1v) is 15.7. The van der Waals surface area contributed by atoms with Crippen LogP contribution in [-0.4, -0.2) is 57.7 Å². The molecular formula is C34H40N4O4. The van der Waals surface area contributed by atoms with Crippen LogP contribution in [0.3, 0.4) is 0 Å². The van der Waals surface area contributed by atoms with Gasteiger partial charge in [-0.2, -0.15) is 0 Å². The molecule has 8 nitrogen and oxygen atoms in total. The standard InChI is InChI=1S/C34H40N4O4/c1-4-24-21(3)41-20-29-26(24)18-31-32-28(19-38(31)33(29)39)25(5-2)27-17-23(9-10-30(27)35-32)42-34(40)37-15-11-22(12-16-37)36-13-7-6-8-14-36/h9-10,17-18,22,24H,3-8,11-16,19-20H2,1-2H3/t24-/m0/s1. The molecule has 2 fully saturated rings. The van der Waals surface area contributed by atoms with E-state index in [9.17, 15) is 9.59 Å². The van der Waals surface area contributed by atoms with Crippen LogP contribution in [0.5, 0.6) is 5.75 Å². The third kappa shape index (κ3) is 4.51. The number of carbonyl (C=O) groups is 1. The third-order valence-electron chi connectivity index (χ3n) is 9.93. The Morgan fingerprint density at radius 2 is 1.86 bits per heavy atom. The number of aryl methyl sites for hydroxylation is 1. The van der Waals surface area contributed by atoms with E-state index in [0.29, 0.717) is 18.3 Å². The van der Waals surface area contributed by atoms with E-state index in [1.54, 1.807) is 0 Å². The Balaban J connectivity index is 1.15. The first-order chi connectivity index (χ1) is 20.5. The Bertz CT molecular complexity index is 1630. The van der Waals surface area contributed by atoms with E-state index in [2.05, 4.69) is 31.4 Å². The van der Waals surface area contributed by atoms with Crippen LogP contribution in [0.25, 0.3) is 22.3 Å². The maximum absolute atomic E-state index is 13.6. The minimum Gasteiger partial charge on any atom is -0.493 e. The van der Waals surface area contributed by atoms with Gasteiger partial charge < -0.3 is 23.8 Å². The largest absolute Gasteiger partial charge is 0.493 e. The lowest BCUT2D eigenvalue weighted by molar-refractivity contribution is 0.0878. The van der Waals surface area contributed by atoms with Crippen molar-refractivity contribution < 1.29 is 14.3 Å². The van der Waals surface area contributed by atoms with E-state index >= 15 is 0 Å². The minimum absolute atomic E-state index is 0.00349. The van der Waals surface area contributed by atoms with Gasteiger partial charge in [0.05, 0.1) is 34.8 Å². The Morgan fingerprint density at radius 3 is 2.60 bits per heavy atom. The van der Waals surface area contributed by atoms with Gasteiger partial charge in [0.1, 0.15) is 12.4 Å². The molecule has 0 radical (unpaired) electrons. The number of amides is 1. The number of aromatic nitrogens is 2. The van der Waals surface area contributed by atoms with E-state index in [0.717, 1.165) is 89.1 Å². The van der Waals surface area contributed by atoms with Crippen LogP contribution in [0.4, 0.5) is 4.79 Å². The Morgan fingerprint density at radius 1 is 1.07 bits per heavy atom. The van der Waals surface area contributed by atoms with Gasteiger partial charge in [0, 0.05) is 36.0 Å². The van der Waals surface area contributed by atoms with Gasteiger partial charge in [0.15, 0.2) is 0 Å². The predicted octanol–water partition coefficient (Wildman–Crippen LogP) is 5.97. The number of nitrogens with zero attached hydrogens (tertiary/aromatic N) is 4. The molecule has 0 aliphatic carbocycles. The molecular weight excluding hydrogens is 528 g/mol. The number of hydrogen-bond donors (Lipinski definition) is 0. The van der Waals surface area contributed by atoms with Crippen molar-refractivity contribution in [2.24, 2.45) is 0 Å². The number of pyridine rings is 2. The second-order valence-electron chi connectivity index (χ2n) is 12.2. The van der Waals surface area contributed by atoms with Crippen molar-refractivity contribution in [2.75, 3.05) is 26.2 Å². The quantitative estimate of drug-likeness (QED) is 0.302. The number of ether oxygens (including phenoxy) is 2. The van der Waals surface area contributed by atoms with Crippen molar-refractivity contribution in [2.45, 2.75) is 83.9 Å². The number of allylic oxidation sites excluding steroid dienone is 1. The fraction of sp³-hybridized carbons (Fsp3) is 0.500. The van der Waals surface area contributed by atoms with Crippen molar-refractivity contribution in [1.82, 2.24) is 19.4 Å². The van der Waals surface area contributed by atoms with Crippen LogP contribution in [0.1, 0.15) is 80.5 Å². The van der Waals surface area contributed by atoms with Gasteiger partial charge in [-0.1, -0.05) is 26.8 Å². The molecule has 0 N–H and O–H groups in total. The van der Waals surface area contributed by atoms with E-state index in [1.807, 2.05) is 27.7 Å². The van der Waals surface area contributed by atoms with E-state index in [4.69, 9.17) is 14.5 Å². The van der Waals surface area contributed by atoms with Crippen molar-refractivity contribution >= 4 is 17.0 Å². The monoisotopic (exact) mass is 568 g/mol. The summed E-state index contributed by atoms with van der Waals surface area (Å²) >= 11 is 0. The summed E-state index contributed by atoms with van der Waals surface area (Å²) in [7, 11) is 0. The molecule has 4 aliphatic rings. The first-order valence-electron chi connectivity index (χ1n) is 15.7. The van der Waals surface area contributed by atoms with Gasteiger partial charge >= 0.3 is 6.09 Å². The minimum atomic E-state index is -0.280. The summed E-state index contributed by atoms with van der Waals surface area (Å²) in [6.45, 7) is 12.9. The van der Waals surface area contributed by atoms with Gasteiger partial charge in [-0.05, 0) is 87.0 Å². The predicted molar refractivity (Wildman–Crippen MR) is 163 cm³/mol. The highest BCUT2D eigenvalue weighted by Gasteiger charge is 2.33. The van der Waals surface area contributed by atoms with Crippen molar-refractivity contribution in [3.8, 4) is 17.1 Å². The number of rotatable bonds is 4. The van der Waals surface area contributed by atoms with E-state index in [-0.39, 0.29) is 24.2 Å². The third-order valence-corrected chi connectivity index (χ3v) is 9.93. The lowest BCUT2D eigenvalue weighted by Gasteiger charge is -2.39. The van der Waals surface area contributed by atoms with E-state index < -0.39 is 0 Å². The maximum atomic E-state index is 13.6. The number of piperidine rings is 2. The molecule has 0 saturated carbocycles. The van der Waals surface area contributed by atoms with Gasteiger partial charge in [0.25, 0.3) is 5.56 Å². The van der Waals surface area contributed by atoms with Gasteiger partial charge in [0.2, 0.25) is 0 Å². The Labute approximate surface area is 246 Å². The number of hydrogen-bond acceptors (Lipinski definition) is 6. The highest BCUT2D eigenvalue weighted by Crippen LogP contribution is 2.41. The lowest BCUT2D eigenvalue weighted by Crippen LogP contribution is -2.48. The van der Waals surface area contributed by atoms with Crippen LogP contribution >= 0.6 is 0 Å². The molecule has 1 aromatic carbocycles. The summed E-state index contributed by atoms with van der Waals surface area (Å²) < 4.78 is 13.5. The fourth-order valence-electron chi connectivity index (χ4n) is 7.62. The molecule has 42 heavy (non-hydrogen) atoms. The lowest BCUT2D eigenvalue weighted by atomic mass is 9.89. The normalized spacial score (nSPS) is 20.7. The molecule has 2 aromatic heterocycles. The van der Waals surface area contributed by atoms with E-state index in [1.165, 1.54) is 32.4 Å². The summed E-state index contributed by atoms with van der Waals surface area (Å²) in [5.41, 5.74) is 6.52. The Kier molecular flexibility index (Phi) is 7.05. The summed E-state index contributed by atoms with van der Waals surface area (Å²) in [6, 6.07) is 8.43. The summed E-state index contributed by atoms with van der Waals surface area (Å²) in [4.78, 5) is 36.3. The average molecular weight is 569 g/mol. The highest BCUT2D eigenvalue weighted by atomic mass is 16.6. The Hall–Kier alpha value is -3.65. The molecule has 3 aromatic rings. The zero-order valence-corrected chi connectivity index (χ0v) is 24.8. The number of benzene rings is 1. The highest BCUT2D eigenvalue weighted by molar-refractivity contribution is 5.89. The zero-order valence-electron chi connectivity index (χ0n) is 24.8. The zero-order chi connectivity index (χ0) is 29.0.